The van der Waals surface area contributed by atoms with Crippen molar-refractivity contribution in [2.45, 2.75) is 26.9 Å². The van der Waals surface area contributed by atoms with Crippen molar-refractivity contribution in [3.8, 4) is 11.4 Å². The number of hydrogen-bond donors (Lipinski definition) is 3. The summed E-state index contributed by atoms with van der Waals surface area (Å²) in [4.78, 5) is 36.0. The van der Waals surface area contributed by atoms with Crippen LogP contribution >= 0.6 is 0 Å². The number of carbonyl (C=O) groups is 1. The van der Waals surface area contributed by atoms with E-state index in [1.54, 1.807) is 31.5 Å². The van der Waals surface area contributed by atoms with Gasteiger partial charge in [-0.1, -0.05) is 12.1 Å². The summed E-state index contributed by atoms with van der Waals surface area (Å²) in [5.41, 5.74) is 3.40. The van der Waals surface area contributed by atoms with Gasteiger partial charge in [-0.15, -0.1) is 0 Å². The first-order valence-corrected chi connectivity index (χ1v) is 10.2. The standard InChI is InChI=1S/C24H23N5O3/c1-15-16(2)28-22(29-23(15)30)19-8-9-21(26-13-19)25-12-17-5-3-6-18(11-17)24(31)27-14-20-7-4-10-32-20/h3-11,13H,12,14H2,1-2H3,(H,25,26)(H,27,31)(H,28,29,30). The Morgan fingerprint density at radius 3 is 2.69 bits per heavy atom. The number of aromatic nitrogens is 3. The van der Waals surface area contributed by atoms with Gasteiger partial charge in [0, 0.05) is 35.1 Å². The van der Waals surface area contributed by atoms with Crippen LogP contribution in [0.15, 0.2) is 70.2 Å². The highest BCUT2D eigenvalue weighted by atomic mass is 16.3. The molecule has 0 unspecified atom stereocenters. The zero-order chi connectivity index (χ0) is 22.5. The highest BCUT2D eigenvalue weighted by Gasteiger charge is 2.08. The molecule has 8 heteroatoms. The van der Waals surface area contributed by atoms with Crippen LogP contribution in [0.5, 0.6) is 0 Å². The highest BCUT2D eigenvalue weighted by Crippen LogP contribution is 2.16. The molecule has 0 spiro atoms. The third kappa shape index (κ3) is 4.92. The Hall–Kier alpha value is -4.20. The number of amides is 1. The molecule has 4 rings (SSSR count). The minimum Gasteiger partial charge on any atom is -0.467 e. The largest absolute Gasteiger partial charge is 0.467 e. The molecule has 32 heavy (non-hydrogen) atoms. The number of rotatable bonds is 7. The monoisotopic (exact) mass is 429 g/mol. The van der Waals surface area contributed by atoms with E-state index in [1.807, 2.05) is 43.3 Å². The van der Waals surface area contributed by atoms with E-state index < -0.39 is 0 Å². The average molecular weight is 429 g/mol. The summed E-state index contributed by atoms with van der Waals surface area (Å²) in [6.45, 7) is 4.40. The van der Waals surface area contributed by atoms with Crippen LogP contribution in [0.25, 0.3) is 11.4 Å². The van der Waals surface area contributed by atoms with E-state index >= 15 is 0 Å². The number of furan rings is 1. The van der Waals surface area contributed by atoms with Crippen molar-refractivity contribution < 1.29 is 9.21 Å². The summed E-state index contributed by atoms with van der Waals surface area (Å²) < 4.78 is 5.23. The van der Waals surface area contributed by atoms with E-state index in [4.69, 9.17) is 4.42 Å². The van der Waals surface area contributed by atoms with Crippen LogP contribution in [-0.2, 0) is 13.1 Å². The summed E-state index contributed by atoms with van der Waals surface area (Å²) >= 11 is 0. The molecule has 0 aliphatic rings. The lowest BCUT2D eigenvalue weighted by Gasteiger charge is -2.09. The van der Waals surface area contributed by atoms with Crippen molar-refractivity contribution in [2.75, 3.05) is 5.32 Å². The third-order valence-corrected chi connectivity index (χ3v) is 5.10. The van der Waals surface area contributed by atoms with E-state index in [-0.39, 0.29) is 11.5 Å². The number of anilines is 1. The molecule has 0 saturated carbocycles. The molecule has 1 amide bonds. The fraction of sp³-hybridized carbons (Fsp3) is 0.167. The molecule has 3 heterocycles. The van der Waals surface area contributed by atoms with E-state index in [0.717, 1.165) is 11.1 Å². The molecule has 1 aromatic carbocycles. The first kappa shape index (κ1) is 21.0. The zero-order valence-electron chi connectivity index (χ0n) is 17.8. The van der Waals surface area contributed by atoms with Gasteiger partial charge >= 0.3 is 0 Å². The topological polar surface area (TPSA) is 113 Å². The van der Waals surface area contributed by atoms with E-state index in [1.165, 1.54) is 0 Å². The van der Waals surface area contributed by atoms with Gasteiger partial charge in [0.15, 0.2) is 0 Å². The van der Waals surface area contributed by atoms with Gasteiger partial charge in [0.05, 0.1) is 12.8 Å². The van der Waals surface area contributed by atoms with Gasteiger partial charge in [-0.2, -0.15) is 0 Å². The number of aryl methyl sites for hydroxylation is 1. The number of aromatic amines is 1. The van der Waals surface area contributed by atoms with Crippen LogP contribution in [0.3, 0.4) is 0 Å². The summed E-state index contributed by atoms with van der Waals surface area (Å²) in [5.74, 6) is 1.70. The molecule has 0 atom stereocenters. The lowest BCUT2D eigenvalue weighted by Crippen LogP contribution is -2.22. The number of carbonyl (C=O) groups excluding carboxylic acids is 1. The molecule has 162 valence electrons. The molecule has 4 aromatic rings. The first-order valence-electron chi connectivity index (χ1n) is 10.2. The second kappa shape index (κ2) is 9.30. The molecule has 3 N–H and O–H groups in total. The molecule has 0 aliphatic carbocycles. The van der Waals surface area contributed by atoms with Crippen LogP contribution in [0.1, 0.15) is 32.9 Å². The highest BCUT2D eigenvalue weighted by molar-refractivity contribution is 5.94. The summed E-state index contributed by atoms with van der Waals surface area (Å²) in [6, 6.07) is 14.7. The van der Waals surface area contributed by atoms with Crippen molar-refractivity contribution in [3.05, 3.63) is 99.5 Å². The van der Waals surface area contributed by atoms with E-state index in [0.29, 0.717) is 47.3 Å². The maximum atomic E-state index is 12.4. The van der Waals surface area contributed by atoms with Crippen molar-refractivity contribution in [1.29, 1.82) is 0 Å². The second-order valence-electron chi connectivity index (χ2n) is 7.37. The van der Waals surface area contributed by atoms with Crippen LogP contribution in [-0.4, -0.2) is 20.9 Å². The molecule has 0 aliphatic heterocycles. The lowest BCUT2D eigenvalue weighted by molar-refractivity contribution is 0.0948. The second-order valence-corrected chi connectivity index (χ2v) is 7.37. The van der Waals surface area contributed by atoms with Crippen molar-refractivity contribution in [1.82, 2.24) is 20.3 Å². The Kier molecular flexibility index (Phi) is 6.12. The molecule has 0 saturated heterocycles. The minimum atomic E-state index is -0.166. The lowest BCUT2D eigenvalue weighted by atomic mass is 10.1. The van der Waals surface area contributed by atoms with Gasteiger partial charge in [-0.25, -0.2) is 9.97 Å². The van der Waals surface area contributed by atoms with Gasteiger partial charge in [0.25, 0.3) is 11.5 Å². The number of benzene rings is 1. The quantitative estimate of drug-likeness (QED) is 0.414. The number of nitrogens with one attached hydrogen (secondary N) is 3. The first-order chi connectivity index (χ1) is 15.5. The van der Waals surface area contributed by atoms with Gasteiger partial charge in [-0.05, 0) is 55.8 Å². The zero-order valence-corrected chi connectivity index (χ0v) is 17.8. The van der Waals surface area contributed by atoms with Gasteiger partial charge < -0.3 is 20.0 Å². The Bertz CT molecular complexity index is 1280. The number of nitrogens with zero attached hydrogens (tertiary/aromatic N) is 2. The molecule has 0 bridgehead atoms. The fourth-order valence-corrected chi connectivity index (χ4v) is 3.12. The molecular formula is C24H23N5O3. The normalized spacial score (nSPS) is 10.7. The number of pyridine rings is 1. The smallest absolute Gasteiger partial charge is 0.254 e. The maximum Gasteiger partial charge on any atom is 0.254 e. The van der Waals surface area contributed by atoms with Crippen LogP contribution < -0.4 is 16.2 Å². The summed E-state index contributed by atoms with van der Waals surface area (Å²) in [5, 5.41) is 6.08. The van der Waals surface area contributed by atoms with Gasteiger partial charge in [0.1, 0.15) is 17.4 Å². The summed E-state index contributed by atoms with van der Waals surface area (Å²) in [7, 11) is 0. The van der Waals surface area contributed by atoms with Crippen LogP contribution in [0, 0.1) is 13.8 Å². The van der Waals surface area contributed by atoms with Gasteiger partial charge in [-0.3, -0.25) is 9.59 Å². The third-order valence-electron chi connectivity index (χ3n) is 5.10. The maximum absolute atomic E-state index is 12.4. The van der Waals surface area contributed by atoms with Gasteiger partial charge in [0.2, 0.25) is 0 Å². The molecule has 3 aromatic heterocycles. The van der Waals surface area contributed by atoms with Crippen LogP contribution in [0.2, 0.25) is 0 Å². The average Bonchev–Trinajstić information content (AvgIpc) is 3.33. The van der Waals surface area contributed by atoms with E-state index in [9.17, 15) is 9.59 Å². The Balaban J connectivity index is 1.38. The number of H-pyrrole nitrogens is 1. The minimum absolute atomic E-state index is 0.150. The summed E-state index contributed by atoms with van der Waals surface area (Å²) in [6.07, 6.45) is 3.24. The molecule has 0 fully saturated rings. The SMILES string of the molecule is Cc1nc(-c2ccc(NCc3cccc(C(=O)NCc4ccco4)c3)nc2)[nH]c(=O)c1C. The van der Waals surface area contributed by atoms with Crippen molar-refractivity contribution in [2.24, 2.45) is 0 Å². The van der Waals surface area contributed by atoms with Crippen LogP contribution in [0.4, 0.5) is 5.82 Å². The predicted octanol–water partition coefficient (Wildman–Crippen LogP) is 3.58. The Morgan fingerprint density at radius 2 is 1.97 bits per heavy atom. The van der Waals surface area contributed by atoms with Crippen molar-refractivity contribution >= 4 is 11.7 Å². The van der Waals surface area contributed by atoms with E-state index in [2.05, 4.69) is 25.6 Å². The molecule has 0 radical (unpaired) electrons. The Morgan fingerprint density at radius 1 is 1.09 bits per heavy atom. The fourth-order valence-electron chi connectivity index (χ4n) is 3.12. The predicted molar refractivity (Wildman–Crippen MR) is 121 cm³/mol. The molecule has 8 nitrogen and oxygen atoms in total. The number of hydrogen-bond acceptors (Lipinski definition) is 6. The molecular weight excluding hydrogens is 406 g/mol. The Labute approximate surface area is 184 Å². The van der Waals surface area contributed by atoms with Crippen molar-refractivity contribution in [3.63, 3.8) is 0 Å².